The van der Waals surface area contributed by atoms with E-state index in [1.165, 1.54) is 18.4 Å². The quantitative estimate of drug-likeness (QED) is 0.831. The van der Waals surface area contributed by atoms with Crippen molar-refractivity contribution in [2.75, 3.05) is 5.32 Å². The van der Waals surface area contributed by atoms with E-state index in [1.807, 2.05) is 0 Å². The smallest absolute Gasteiger partial charge is 0.418 e. The first-order chi connectivity index (χ1) is 8.88. The average Bonchev–Trinajstić information content (AvgIpc) is 2.80. The van der Waals surface area contributed by atoms with Gasteiger partial charge in [-0.1, -0.05) is 15.9 Å². The van der Waals surface area contributed by atoms with Gasteiger partial charge in [0.2, 0.25) is 0 Å². The number of hydrogen-bond acceptors (Lipinski definition) is 2. The van der Waals surface area contributed by atoms with Crippen molar-refractivity contribution >= 4 is 21.6 Å². The van der Waals surface area contributed by atoms with Crippen molar-refractivity contribution in [3.63, 3.8) is 0 Å². The summed E-state index contributed by atoms with van der Waals surface area (Å²) in [7, 11) is 0. The molecule has 0 saturated heterocycles. The monoisotopic (exact) mass is 333 g/mol. The van der Waals surface area contributed by atoms with Crippen LogP contribution in [0.25, 0.3) is 0 Å². The minimum Gasteiger partial charge on any atom is -0.467 e. The van der Waals surface area contributed by atoms with Gasteiger partial charge in [-0.25, -0.2) is 0 Å². The van der Waals surface area contributed by atoms with Gasteiger partial charge in [0.1, 0.15) is 5.76 Å². The number of furan rings is 1. The highest BCUT2D eigenvalue weighted by Gasteiger charge is 2.33. The summed E-state index contributed by atoms with van der Waals surface area (Å²) >= 11 is 3.17. The van der Waals surface area contributed by atoms with Crippen molar-refractivity contribution < 1.29 is 17.6 Å². The molecule has 0 fully saturated rings. The van der Waals surface area contributed by atoms with E-state index in [-0.39, 0.29) is 11.7 Å². The number of rotatable bonds is 3. The Labute approximate surface area is 116 Å². The first-order valence-corrected chi connectivity index (χ1v) is 6.34. The minimum absolute atomic E-state index is 0.0192. The molecule has 1 aromatic carbocycles. The molecule has 0 amide bonds. The highest BCUT2D eigenvalue weighted by atomic mass is 79.9. The van der Waals surface area contributed by atoms with Crippen molar-refractivity contribution in [1.82, 2.24) is 0 Å². The van der Waals surface area contributed by atoms with Gasteiger partial charge >= 0.3 is 6.18 Å². The maximum absolute atomic E-state index is 12.9. The van der Waals surface area contributed by atoms with Crippen LogP contribution >= 0.6 is 15.9 Å². The molecule has 2 nitrogen and oxygen atoms in total. The fourth-order valence-electron chi connectivity index (χ4n) is 1.73. The molecule has 19 heavy (non-hydrogen) atoms. The van der Waals surface area contributed by atoms with Gasteiger partial charge in [0.25, 0.3) is 0 Å². The van der Waals surface area contributed by atoms with Crippen LogP contribution in [0.2, 0.25) is 0 Å². The molecule has 0 radical (unpaired) electrons. The summed E-state index contributed by atoms with van der Waals surface area (Å²) in [6.07, 6.45) is -2.91. The standard InChI is InChI=1S/C13H11BrF3NO/c1-8(12-3-2-6-19-12)18-11-7-9(14)4-5-10(11)13(15,16)17/h2-8,18H,1H3. The third-order valence-electron chi connectivity index (χ3n) is 2.63. The Bertz CT molecular complexity index is 552. The van der Waals surface area contributed by atoms with Crippen LogP contribution in [0.3, 0.4) is 0 Å². The third-order valence-corrected chi connectivity index (χ3v) is 3.12. The fourth-order valence-corrected chi connectivity index (χ4v) is 2.09. The highest BCUT2D eigenvalue weighted by molar-refractivity contribution is 9.10. The first kappa shape index (κ1) is 14.0. The molecule has 0 aliphatic carbocycles. The molecule has 102 valence electrons. The van der Waals surface area contributed by atoms with E-state index in [0.717, 1.165) is 6.07 Å². The van der Waals surface area contributed by atoms with Crippen molar-refractivity contribution in [2.24, 2.45) is 0 Å². The predicted octanol–water partition coefficient (Wildman–Crippen LogP) is 5.23. The maximum atomic E-state index is 12.9. The molecule has 2 aromatic rings. The number of hydrogen-bond donors (Lipinski definition) is 1. The van der Waals surface area contributed by atoms with Crippen LogP contribution < -0.4 is 5.32 Å². The Morgan fingerprint density at radius 2 is 2.00 bits per heavy atom. The maximum Gasteiger partial charge on any atom is 0.418 e. The second-order valence-corrected chi connectivity index (χ2v) is 4.98. The van der Waals surface area contributed by atoms with Gasteiger partial charge in [-0.3, -0.25) is 0 Å². The van der Waals surface area contributed by atoms with Crippen molar-refractivity contribution in [3.8, 4) is 0 Å². The highest BCUT2D eigenvalue weighted by Crippen LogP contribution is 2.37. The zero-order valence-electron chi connectivity index (χ0n) is 9.96. The Morgan fingerprint density at radius 3 is 2.58 bits per heavy atom. The second kappa shape index (κ2) is 5.28. The number of halogens is 4. The summed E-state index contributed by atoms with van der Waals surface area (Å²) < 4.78 is 44.4. The number of alkyl halides is 3. The minimum atomic E-state index is -4.40. The van der Waals surface area contributed by atoms with Crippen LogP contribution in [0.4, 0.5) is 18.9 Å². The van der Waals surface area contributed by atoms with E-state index in [2.05, 4.69) is 21.2 Å². The Kier molecular flexibility index (Phi) is 3.89. The van der Waals surface area contributed by atoms with Crippen LogP contribution in [-0.4, -0.2) is 0 Å². The Balaban J connectivity index is 2.31. The van der Waals surface area contributed by atoms with Crippen LogP contribution in [0.1, 0.15) is 24.3 Å². The van der Waals surface area contributed by atoms with E-state index in [9.17, 15) is 13.2 Å². The molecule has 0 spiro atoms. The molecule has 1 aromatic heterocycles. The summed E-state index contributed by atoms with van der Waals surface area (Å²) in [6, 6.07) is 6.86. The largest absolute Gasteiger partial charge is 0.467 e. The summed E-state index contributed by atoms with van der Waals surface area (Å²) in [5.74, 6) is 0.577. The molecule has 1 atom stereocenters. The Hall–Kier alpha value is -1.43. The number of anilines is 1. The lowest BCUT2D eigenvalue weighted by atomic mass is 10.1. The lowest BCUT2D eigenvalue weighted by Gasteiger charge is -2.18. The first-order valence-electron chi connectivity index (χ1n) is 5.54. The third kappa shape index (κ3) is 3.32. The van der Waals surface area contributed by atoms with Gasteiger partial charge in [-0.2, -0.15) is 13.2 Å². The van der Waals surface area contributed by atoms with Gasteiger partial charge < -0.3 is 9.73 Å². The molecule has 1 N–H and O–H groups in total. The summed E-state index contributed by atoms with van der Waals surface area (Å²) in [4.78, 5) is 0. The molecule has 0 aliphatic rings. The second-order valence-electron chi connectivity index (χ2n) is 4.07. The molecule has 1 unspecified atom stereocenters. The normalized spacial score (nSPS) is 13.3. The molecule has 0 bridgehead atoms. The van der Waals surface area contributed by atoms with Crippen LogP contribution in [0, 0.1) is 0 Å². The molecule has 2 rings (SSSR count). The van der Waals surface area contributed by atoms with Crippen molar-refractivity contribution in [1.29, 1.82) is 0 Å². The molecular formula is C13H11BrF3NO. The number of benzene rings is 1. The number of nitrogens with one attached hydrogen (secondary N) is 1. The van der Waals surface area contributed by atoms with Gasteiger partial charge in [0.15, 0.2) is 0 Å². The van der Waals surface area contributed by atoms with Gasteiger partial charge in [-0.15, -0.1) is 0 Å². The van der Waals surface area contributed by atoms with E-state index >= 15 is 0 Å². The zero-order valence-corrected chi connectivity index (χ0v) is 11.5. The summed E-state index contributed by atoms with van der Waals surface area (Å²) in [5.41, 5.74) is -0.681. The summed E-state index contributed by atoms with van der Waals surface area (Å²) in [6.45, 7) is 1.74. The Morgan fingerprint density at radius 1 is 1.26 bits per heavy atom. The SMILES string of the molecule is CC(Nc1cc(Br)ccc1C(F)(F)F)c1ccco1. The summed E-state index contributed by atoms with van der Waals surface area (Å²) in [5, 5.41) is 2.82. The molecule has 6 heteroatoms. The van der Waals surface area contributed by atoms with Gasteiger partial charge in [0, 0.05) is 10.2 Å². The van der Waals surface area contributed by atoms with Crippen LogP contribution in [-0.2, 0) is 6.18 Å². The lowest BCUT2D eigenvalue weighted by Crippen LogP contribution is -2.13. The zero-order chi connectivity index (χ0) is 14.0. The topological polar surface area (TPSA) is 25.2 Å². The van der Waals surface area contributed by atoms with Gasteiger partial charge in [-0.05, 0) is 37.3 Å². The molecule has 1 heterocycles. The molecular weight excluding hydrogens is 323 g/mol. The van der Waals surface area contributed by atoms with E-state index in [0.29, 0.717) is 10.2 Å². The molecule has 0 saturated carbocycles. The molecule has 0 aliphatic heterocycles. The van der Waals surface area contributed by atoms with Crippen molar-refractivity contribution in [3.05, 3.63) is 52.4 Å². The lowest BCUT2D eigenvalue weighted by molar-refractivity contribution is -0.137. The average molecular weight is 334 g/mol. The van der Waals surface area contributed by atoms with E-state index in [4.69, 9.17) is 4.42 Å². The fraction of sp³-hybridized carbons (Fsp3) is 0.231. The van der Waals surface area contributed by atoms with E-state index < -0.39 is 11.7 Å². The van der Waals surface area contributed by atoms with Gasteiger partial charge in [0.05, 0.1) is 17.9 Å². The van der Waals surface area contributed by atoms with Crippen LogP contribution in [0.15, 0.2) is 45.5 Å². The van der Waals surface area contributed by atoms with E-state index in [1.54, 1.807) is 19.1 Å². The van der Waals surface area contributed by atoms with Crippen molar-refractivity contribution in [2.45, 2.75) is 19.1 Å². The van der Waals surface area contributed by atoms with Crippen LogP contribution in [0.5, 0.6) is 0 Å². The predicted molar refractivity (Wildman–Crippen MR) is 69.9 cm³/mol.